The minimum absolute atomic E-state index is 0. The maximum absolute atomic E-state index is 8.85. The van der Waals surface area contributed by atoms with Crippen LogP contribution in [0.5, 0.6) is 0 Å². The second kappa shape index (κ2) is 35.7. The Morgan fingerprint density at radius 3 is 0.195 bits per heavy atom. The van der Waals surface area contributed by atoms with Gasteiger partial charge in [-0.15, -0.1) is 0 Å². The zero-order valence-corrected chi connectivity index (χ0v) is 32.3. The van der Waals surface area contributed by atoms with E-state index in [1.807, 2.05) is 0 Å². The first kappa shape index (κ1) is 84.0. The first-order valence-electron chi connectivity index (χ1n) is 4.89. The third kappa shape index (κ3) is 42700. The molecule has 0 aliphatic heterocycles. The second-order valence-corrected chi connectivity index (χ2v) is 18.5. The van der Waals surface area contributed by atoms with Crippen molar-refractivity contribution in [3.8, 4) is 0 Å². The number of hydrogen-bond donors (Lipinski definition) is 16. The average molecular weight is 1240 g/mol. The Hall–Kier alpha value is 1.22. The molecule has 0 heterocycles. The normalized spacial score (nSPS) is 9.90. The summed E-state index contributed by atoms with van der Waals surface area (Å²) < 4.78 is 224. The molecule has 28 N–H and O–H groups in total. The molecule has 0 bridgehead atoms. The summed E-state index contributed by atoms with van der Waals surface area (Å²) in [6, 6.07) is 0. The van der Waals surface area contributed by atoms with E-state index in [2.05, 4.69) is 0 Å². The van der Waals surface area contributed by atoms with E-state index in [9.17, 15) is 0 Å². The molecule has 0 aliphatic carbocycles. The van der Waals surface area contributed by atoms with Gasteiger partial charge in [0.25, 0.3) is 0 Å². The molecule has 41 heteroatoms. The molecule has 0 unspecified atom stereocenters. The Labute approximate surface area is 248 Å². The second-order valence-electron chi connectivity index (χ2n) is 3.13. The molecule has 0 fully saturated rings. The molecule has 0 atom stereocenters. The van der Waals surface area contributed by atoms with Gasteiger partial charge in [0.15, 0.2) is 0 Å². The summed E-state index contributed by atoms with van der Waals surface area (Å²) in [6.45, 7) is 0. The van der Waals surface area contributed by atoms with Gasteiger partial charge in [-0.25, -0.2) is 0 Å². The molecule has 0 spiro atoms. The predicted octanol–water partition coefficient (Wildman–Crippen LogP) is -12.5. The minimum atomic E-state index is -5.52. The van der Waals surface area contributed by atoms with Gasteiger partial charge < -0.3 is 34.2 Å². The van der Waals surface area contributed by atoms with E-state index in [1.54, 1.807) is 0 Å². The van der Waals surface area contributed by atoms with E-state index in [1.165, 1.54) is 0 Å². The van der Waals surface area contributed by atoms with E-state index < -0.39 is 117 Å². The molecule has 0 aromatic carbocycles. The molecule has 0 amide bonds. The van der Waals surface area contributed by atoms with E-state index in [0.29, 0.717) is 0 Å². The zero-order chi connectivity index (χ0) is 31.5. The van der Waals surface area contributed by atoms with Crippen LogP contribution in [0, 0.1) is 0 Å². The number of rotatable bonds is 0. The van der Waals surface area contributed by atoms with Gasteiger partial charge in [0, 0.05) is 0 Å². The van der Waals surface area contributed by atoms with Gasteiger partial charge in [-0.2, -0.15) is 0 Å². The summed E-state index contributed by atoms with van der Waals surface area (Å²) in [5.41, 5.74) is 0. The third-order valence-electron chi connectivity index (χ3n) is 0. The molecule has 0 saturated heterocycles. The third-order valence-corrected chi connectivity index (χ3v) is 0. The summed E-state index contributed by atoms with van der Waals surface area (Å²) in [6.07, 6.45) is 0. The maximum atomic E-state index is 8.85. The van der Waals surface area contributed by atoms with Crippen LogP contribution < -0.4 is 12.3 Å². The first-order chi connectivity index (χ1) is 14.0. The van der Waals surface area contributed by atoms with Crippen LogP contribution in [0.1, 0.15) is 0 Å². The summed E-state index contributed by atoms with van der Waals surface area (Å²) in [5.74, 6) is 0. The van der Waals surface area contributed by atoms with Crippen molar-refractivity contribution in [3.63, 3.8) is 0 Å². The van der Waals surface area contributed by atoms with Crippen LogP contribution in [0.2, 0.25) is 0 Å². The van der Waals surface area contributed by atoms with Crippen LogP contribution >= 0.6 is 0 Å². The van der Waals surface area contributed by atoms with Crippen molar-refractivity contribution in [2.24, 2.45) is 0 Å². The van der Waals surface area contributed by atoms with E-state index >= 15 is 0 Å². The fourth-order valence-corrected chi connectivity index (χ4v) is 0. The quantitative estimate of drug-likeness (QED) is 0.100. The summed E-state index contributed by atoms with van der Waals surface area (Å²) in [4.78, 5) is 0. The van der Waals surface area contributed by atoms with Gasteiger partial charge in [-0.1, -0.05) is 0 Å². The van der Waals surface area contributed by atoms with Gasteiger partial charge in [0.05, 0.1) is 0 Å². The fourth-order valence-electron chi connectivity index (χ4n) is 0. The Bertz CT molecular complexity index is 915. The summed E-state index contributed by atoms with van der Waals surface area (Å²) in [7, 11) is 0. The molecule has 0 aromatic heterocycles. The van der Waals surface area contributed by atoms with Crippen molar-refractivity contribution >= 4 is 0 Å². The first-order valence-corrected chi connectivity index (χ1v) is 28.9. The summed E-state index contributed by atoms with van der Waals surface area (Å²) >= 11 is -38.6. The van der Waals surface area contributed by atoms with Crippen molar-refractivity contribution in [2.45, 2.75) is 0 Å². The van der Waals surface area contributed by atoms with Crippen LogP contribution in [-0.4, -0.2) is 74.5 Å². The Balaban J connectivity index is -0.0000000198. The Morgan fingerprint density at radius 1 is 0.195 bits per heavy atom. The Kier molecular flexibility index (Phi) is 73.1. The topological polar surface area (TPSA) is 718 Å². The molecule has 0 aliphatic rings. The number of hydrogen-bond acceptors (Lipinski definition) is 16. The molecule has 272 valence electrons. The van der Waals surface area contributed by atoms with E-state index in [4.69, 9.17) is 100 Å². The SMILES string of the molecule is N.N.O.O.O.O.[O]=[Mo](=[O])([OH])[OH].[O]=[Mo](=[O])([OH])[OH].[O]=[Mo](=[O])([OH])[OH].[O]=[Mo](=[O])([OH])[OH].[O]=[Mo](=[O])([OH])[OH].[O]=[Mo](=[O])([OH])[OH].[O]=[Mo](=[O])([OH])[OH]. The Morgan fingerprint density at radius 2 is 0.195 bits per heavy atom. The molecule has 0 saturated carbocycles. The molecule has 0 aromatic rings. The average Bonchev–Trinajstić information content (AvgIpc) is 2.06. The molecular weight excluding hydrogens is 1210 g/mol. The van der Waals surface area contributed by atoms with Crippen molar-refractivity contribution in [3.05, 3.63) is 0 Å². The van der Waals surface area contributed by atoms with Gasteiger partial charge >= 0.3 is 217 Å². The fraction of sp³-hybridized carbons (Fsp3) is 0. The zero-order valence-electron chi connectivity index (χ0n) is 18.2. The van der Waals surface area contributed by atoms with Gasteiger partial charge in [0.2, 0.25) is 0 Å². The van der Waals surface area contributed by atoms with Crippen molar-refractivity contribution in [2.75, 3.05) is 0 Å². The predicted molar refractivity (Wildman–Crippen MR) is 65.2 cm³/mol. The van der Waals surface area contributed by atoms with Crippen LogP contribution in [0.3, 0.4) is 0 Å². The molecule has 0 rings (SSSR count). The van der Waals surface area contributed by atoms with Crippen LogP contribution in [0.25, 0.3) is 0 Å². The van der Waals surface area contributed by atoms with Gasteiger partial charge in [0.1, 0.15) is 0 Å². The van der Waals surface area contributed by atoms with Crippen molar-refractivity contribution < 1.29 is 239 Å². The van der Waals surface area contributed by atoms with Crippen LogP contribution in [0.4, 0.5) is 0 Å². The molecule has 41 heavy (non-hydrogen) atoms. The van der Waals surface area contributed by atoms with E-state index in [0.717, 1.165) is 0 Å². The van der Waals surface area contributed by atoms with Crippen molar-refractivity contribution in [1.29, 1.82) is 0 Å². The molecular formula is H28Mo7N2O32. The summed E-state index contributed by atoms with van der Waals surface area (Å²) in [5, 5.41) is 0. The van der Waals surface area contributed by atoms with Gasteiger partial charge in [-0.05, 0) is 0 Å². The monoisotopic (exact) mass is 1250 g/mol. The van der Waals surface area contributed by atoms with Crippen LogP contribution in [0.15, 0.2) is 0 Å². The van der Waals surface area contributed by atoms with Crippen LogP contribution in [-0.2, 0) is 165 Å². The molecule has 0 radical (unpaired) electrons. The standard InChI is InChI=1S/7Mo.2H3N.18H2O.14O/h;;;;;;;2*1H3;18*1H2;;;;;;;;;;;;;;/q7*+2;;;;;;;;;;;;;;;;;;;;;;;;;;;;;;;;;;/p-14. The van der Waals surface area contributed by atoms with Crippen molar-refractivity contribution in [1.82, 2.24) is 12.3 Å². The van der Waals surface area contributed by atoms with Gasteiger partial charge in [-0.3, -0.25) is 0 Å². The molecule has 34 nitrogen and oxygen atoms in total. The van der Waals surface area contributed by atoms with E-state index in [-0.39, 0.29) is 34.2 Å².